The second-order valence-electron chi connectivity index (χ2n) is 4.51. The van der Waals surface area contributed by atoms with Crippen molar-refractivity contribution in [3.8, 4) is 5.75 Å². The van der Waals surface area contributed by atoms with Crippen molar-refractivity contribution < 1.29 is 27.8 Å². The lowest BCUT2D eigenvalue weighted by Crippen LogP contribution is -2.41. The van der Waals surface area contributed by atoms with Gasteiger partial charge in [-0.1, -0.05) is 0 Å². The molecule has 0 atom stereocenters. The van der Waals surface area contributed by atoms with Gasteiger partial charge in [-0.05, 0) is 38.1 Å². The number of rotatable bonds is 6. The van der Waals surface area contributed by atoms with E-state index in [1.54, 1.807) is 13.8 Å². The first kappa shape index (κ1) is 16.9. The highest BCUT2D eigenvalue weighted by atomic mass is 19.3. The van der Waals surface area contributed by atoms with Crippen LogP contribution in [0.4, 0.5) is 8.78 Å². The lowest BCUT2D eigenvalue weighted by molar-refractivity contribution is -0.141. The first-order valence-electron chi connectivity index (χ1n) is 6.27. The summed E-state index contributed by atoms with van der Waals surface area (Å²) in [4.78, 5) is 24.9. The topological polar surface area (TPSA) is 55.8 Å². The highest BCUT2D eigenvalue weighted by Crippen LogP contribution is 2.17. The molecule has 1 aromatic carbocycles. The lowest BCUT2D eigenvalue weighted by atomic mass is 10.1. The largest absolute Gasteiger partial charge is 0.468 e. The average molecular weight is 301 g/mol. The number of alkyl halides is 2. The van der Waals surface area contributed by atoms with Crippen LogP contribution >= 0.6 is 0 Å². The fourth-order valence-corrected chi connectivity index (χ4v) is 1.64. The zero-order valence-corrected chi connectivity index (χ0v) is 12.0. The second-order valence-corrected chi connectivity index (χ2v) is 4.51. The van der Waals surface area contributed by atoms with Crippen LogP contribution in [0.15, 0.2) is 24.3 Å². The van der Waals surface area contributed by atoms with Gasteiger partial charge in [-0.2, -0.15) is 8.78 Å². The van der Waals surface area contributed by atoms with Crippen molar-refractivity contribution in [2.75, 3.05) is 13.7 Å². The molecule has 0 unspecified atom stereocenters. The van der Waals surface area contributed by atoms with E-state index < -0.39 is 12.6 Å². The number of ether oxygens (including phenoxy) is 2. The Kier molecular flexibility index (Phi) is 6.08. The van der Waals surface area contributed by atoms with Gasteiger partial charge in [-0.3, -0.25) is 9.59 Å². The second kappa shape index (κ2) is 7.56. The number of nitrogens with zero attached hydrogens (tertiary/aromatic N) is 1. The maximum atomic E-state index is 12.3. The number of hydrogen-bond acceptors (Lipinski definition) is 4. The van der Waals surface area contributed by atoms with Gasteiger partial charge < -0.3 is 14.4 Å². The van der Waals surface area contributed by atoms with Crippen molar-refractivity contribution >= 4 is 11.9 Å². The molecule has 0 saturated heterocycles. The Morgan fingerprint density at radius 3 is 2.19 bits per heavy atom. The standard InChI is InChI=1S/C14H17F2NO4/c1-9(2)17(8-12(18)20-3)13(19)10-4-6-11(7-5-10)21-14(15)16/h4-7,9,14H,8H2,1-3H3. The molecule has 0 fully saturated rings. The van der Waals surface area contributed by atoms with Crippen molar-refractivity contribution in [1.82, 2.24) is 4.90 Å². The molecule has 0 heterocycles. The molecular formula is C14H17F2NO4. The molecule has 0 radical (unpaired) electrons. The summed E-state index contributed by atoms with van der Waals surface area (Å²) < 4.78 is 32.8. The summed E-state index contributed by atoms with van der Waals surface area (Å²) in [5, 5.41) is 0. The Bertz CT molecular complexity index is 488. The van der Waals surface area contributed by atoms with Crippen LogP contribution in [0, 0.1) is 0 Å². The Balaban J connectivity index is 2.86. The highest BCUT2D eigenvalue weighted by Gasteiger charge is 2.22. The van der Waals surface area contributed by atoms with E-state index in [0.29, 0.717) is 0 Å². The van der Waals surface area contributed by atoms with Crippen LogP contribution in [0.5, 0.6) is 5.75 Å². The maximum absolute atomic E-state index is 12.3. The van der Waals surface area contributed by atoms with Gasteiger partial charge in [0.25, 0.3) is 5.91 Å². The lowest BCUT2D eigenvalue weighted by Gasteiger charge is -2.25. The third-order valence-electron chi connectivity index (χ3n) is 2.74. The molecule has 0 saturated carbocycles. The molecule has 5 nitrogen and oxygen atoms in total. The van der Waals surface area contributed by atoms with E-state index in [9.17, 15) is 18.4 Å². The predicted octanol–water partition coefficient (Wildman–Crippen LogP) is 2.31. The van der Waals surface area contributed by atoms with Gasteiger partial charge in [-0.15, -0.1) is 0 Å². The minimum absolute atomic E-state index is 0.0365. The summed E-state index contributed by atoms with van der Waals surface area (Å²) in [7, 11) is 1.24. The Hall–Kier alpha value is -2.18. The molecule has 0 aliphatic carbocycles. The van der Waals surface area contributed by atoms with Gasteiger partial charge in [-0.25, -0.2) is 0 Å². The quantitative estimate of drug-likeness (QED) is 0.757. The summed E-state index contributed by atoms with van der Waals surface area (Å²) in [6.07, 6.45) is 0. The van der Waals surface area contributed by atoms with Crippen molar-refractivity contribution in [1.29, 1.82) is 0 Å². The molecule has 0 bridgehead atoms. The van der Waals surface area contributed by atoms with Gasteiger partial charge in [0.1, 0.15) is 12.3 Å². The zero-order valence-electron chi connectivity index (χ0n) is 12.0. The van der Waals surface area contributed by atoms with Crippen LogP contribution in [0.2, 0.25) is 0 Å². The van der Waals surface area contributed by atoms with Gasteiger partial charge in [0, 0.05) is 11.6 Å². The molecule has 7 heteroatoms. The van der Waals surface area contributed by atoms with E-state index in [1.165, 1.54) is 36.3 Å². The van der Waals surface area contributed by atoms with Crippen LogP contribution in [0.25, 0.3) is 0 Å². The molecule has 0 aromatic heterocycles. The van der Waals surface area contributed by atoms with Crippen LogP contribution in [-0.4, -0.2) is 43.1 Å². The van der Waals surface area contributed by atoms with E-state index in [4.69, 9.17) is 0 Å². The van der Waals surface area contributed by atoms with E-state index in [1.807, 2.05) is 0 Å². The Morgan fingerprint density at radius 1 is 1.19 bits per heavy atom. The highest BCUT2D eigenvalue weighted by molar-refractivity contribution is 5.96. The average Bonchev–Trinajstić information content (AvgIpc) is 2.43. The summed E-state index contributed by atoms with van der Waals surface area (Å²) in [6, 6.07) is 5.07. The summed E-state index contributed by atoms with van der Waals surface area (Å²) in [5.74, 6) is -0.959. The van der Waals surface area contributed by atoms with Crippen LogP contribution < -0.4 is 4.74 Å². The number of methoxy groups -OCH3 is 1. The van der Waals surface area contributed by atoms with Crippen LogP contribution in [0.3, 0.4) is 0 Å². The number of hydrogen-bond donors (Lipinski definition) is 0. The fourth-order valence-electron chi connectivity index (χ4n) is 1.64. The molecule has 0 aliphatic rings. The maximum Gasteiger partial charge on any atom is 0.387 e. The van der Waals surface area contributed by atoms with Crippen LogP contribution in [-0.2, 0) is 9.53 Å². The molecule has 1 amide bonds. The molecule has 0 spiro atoms. The number of esters is 1. The predicted molar refractivity (Wildman–Crippen MR) is 71.3 cm³/mol. The molecule has 1 rings (SSSR count). The molecule has 116 valence electrons. The number of amides is 1. The third kappa shape index (κ3) is 5.02. The normalized spacial score (nSPS) is 10.6. The van der Waals surface area contributed by atoms with Gasteiger partial charge in [0.15, 0.2) is 0 Å². The smallest absolute Gasteiger partial charge is 0.387 e. The van der Waals surface area contributed by atoms with Crippen molar-refractivity contribution in [3.05, 3.63) is 29.8 Å². The Labute approximate surface area is 121 Å². The monoisotopic (exact) mass is 301 g/mol. The van der Waals surface area contributed by atoms with Gasteiger partial charge in [0.05, 0.1) is 7.11 Å². The molecule has 0 aliphatic heterocycles. The number of carbonyl (C=O) groups excluding carboxylic acids is 2. The van der Waals surface area contributed by atoms with E-state index in [0.717, 1.165) is 0 Å². The van der Waals surface area contributed by atoms with Crippen molar-refractivity contribution in [2.45, 2.75) is 26.5 Å². The molecule has 21 heavy (non-hydrogen) atoms. The van der Waals surface area contributed by atoms with E-state index in [-0.39, 0.29) is 29.8 Å². The third-order valence-corrected chi connectivity index (χ3v) is 2.74. The van der Waals surface area contributed by atoms with Crippen molar-refractivity contribution in [2.24, 2.45) is 0 Å². The molecule has 1 aromatic rings. The Morgan fingerprint density at radius 2 is 1.76 bits per heavy atom. The number of benzene rings is 1. The minimum atomic E-state index is -2.92. The zero-order chi connectivity index (χ0) is 16.0. The molecule has 0 N–H and O–H groups in total. The summed E-state index contributed by atoms with van der Waals surface area (Å²) in [5.41, 5.74) is 0.272. The first-order chi connectivity index (χ1) is 9.85. The van der Waals surface area contributed by atoms with Crippen LogP contribution in [0.1, 0.15) is 24.2 Å². The van der Waals surface area contributed by atoms with E-state index >= 15 is 0 Å². The number of carbonyl (C=O) groups is 2. The van der Waals surface area contributed by atoms with Gasteiger partial charge in [0.2, 0.25) is 0 Å². The molecular weight excluding hydrogens is 284 g/mol. The fraction of sp³-hybridized carbons (Fsp3) is 0.429. The minimum Gasteiger partial charge on any atom is -0.468 e. The van der Waals surface area contributed by atoms with E-state index in [2.05, 4.69) is 9.47 Å². The summed E-state index contributed by atoms with van der Waals surface area (Å²) in [6.45, 7) is 0.421. The van der Waals surface area contributed by atoms with Gasteiger partial charge >= 0.3 is 12.6 Å². The summed E-state index contributed by atoms with van der Waals surface area (Å²) >= 11 is 0. The first-order valence-corrected chi connectivity index (χ1v) is 6.27. The SMILES string of the molecule is COC(=O)CN(C(=O)c1ccc(OC(F)F)cc1)C(C)C. The van der Waals surface area contributed by atoms with Crippen molar-refractivity contribution in [3.63, 3.8) is 0 Å². The number of halogens is 2.